The third-order valence-electron chi connectivity index (χ3n) is 3.97. The van der Waals surface area contributed by atoms with Gasteiger partial charge in [0.15, 0.2) is 0 Å². The van der Waals surface area contributed by atoms with Crippen molar-refractivity contribution in [3.63, 3.8) is 0 Å². The van der Waals surface area contributed by atoms with Crippen molar-refractivity contribution < 1.29 is 4.79 Å². The zero-order valence-electron chi connectivity index (χ0n) is 13.0. The predicted octanol–water partition coefficient (Wildman–Crippen LogP) is 4.06. The molecule has 4 heteroatoms. The Morgan fingerprint density at radius 3 is 2.48 bits per heavy atom. The summed E-state index contributed by atoms with van der Waals surface area (Å²) < 4.78 is 2.85. The molecule has 1 heterocycles. The highest BCUT2D eigenvalue weighted by Crippen LogP contribution is 2.28. The van der Waals surface area contributed by atoms with Crippen molar-refractivity contribution in [1.29, 1.82) is 0 Å². The molecule has 1 aromatic heterocycles. The van der Waals surface area contributed by atoms with Crippen molar-refractivity contribution in [2.24, 2.45) is 0 Å². The lowest BCUT2D eigenvalue weighted by atomic mass is 9.79. The van der Waals surface area contributed by atoms with E-state index in [-0.39, 0.29) is 5.78 Å². The number of rotatable bonds is 5. The average Bonchev–Trinajstić information content (AvgIpc) is 2.75. The molecule has 112 valence electrons. The van der Waals surface area contributed by atoms with Gasteiger partial charge in [-0.1, -0.05) is 30.3 Å². The standard InChI is InChI=1S/C17H21BrN2O/c1-5-20-14(16(18)12(2)19-20)11-15(21)17(3,4)13-9-7-6-8-10-13/h6-10H,5,11H2,1-4H3. The molecule has 0 atom stereocenters. The van der Waals surface area contributed by atoms with Crippen LogP contribution in [0.2, 0.25) is 0 Å². The second kappa shape index (κ2) is 6.14. The number of aromatic nitrogens is 2. The molecule has 0 saturated heterocycles. The minimum absolute atomic E-state index is 0.198. The lowest BCUT2D eigenvalue weighted by Gasteiger charge is -2.24. The van der Waals surface area contributed by atoms with E-state index in [1.54, 1.807) is 0 Å². The smallest absolute Gasteiger partial charge is 0.148 e. The Bertz CT molecular complexity index is 644. The molecule has 0 N–H and O–H groups in total. The third-order valence-corrected chi connectivity index (χ3v) is 5.00. The summed E-state index contributed by atoms with van der Waals surface area (Å²) >= 11 is 3.56. The molecule has 21 heavy (non-hydrogen) atoms. The van der Waals surface area contributed by atoms with Crippen LogP contribution in [0.25, 0.3) is 0 Å². The second-order valence-electron chi connectivity index (χ2n) is 5.75. The summed E-state index contributed by atoms with van der Waals surface area (Å²) in [5.41, 5.74) is 2.43. The van der Waals surface area contributed by atoms with Gasteiger partial charge in [0.2, 0.25) is 0 Å². The minimum Gasteiger partial charge on any atom is -0.298 e. The van der Waals surface area contributed by atoms with Crippen LogP contribution in [0.5, 0.6) is 0 Å². The first-order valence-electron chi connectivity index (χ1n) is 7.18. The fourth-order valence-corrected chi connectivity index (χ4v) is 2.85. The average molecular weight is 349 g/mol. The fraction of sp³-hybridized carbons (Fsp3) is 0.412. The van der Waals surface area contributed by atoms with E-state index in [9.17, 15) is 4.79 Å². The number of hydrogen-bond donors (Lipinski definition) is 0. The Morgan fingerprint density at radius 1 is 1.29 bits per heavy atom. The highest BCUT2D eigenvalue weighted by Gasteiger charge is 2.30. The summed E-state index contributed by atoms with van der Waals surface area (Å²) in [7, 11) is 0. The van der Waals surface area contributed by atoms with E-state index in [0.29, 0.717) is 6.42 Å². The van der Waals surface area contributed by atoms with Gasteiger partial charge in [0, 0.05) is 12.0 Å². The largest absolute Gasteiger partial charge is 0.298 e. The maximum atomic E-state index is 12.8. The predicted molar refractivity (Wildman–Crippen MR) is 88.5 cm³/mol. The van der Waals surface area contributed by atoms with Gasteiger partial charge in [0.1, 0.15) is 5.78 Å². The summed E-state index contributed by atoms with van der Waals surface area (Å²) in [6.45, 7) is 8.72. The minimum atomic E-state index is -0.503. The fourth-order valence-electron chi connectivity index (χ4n) is 2.43. The zero-order valence-corrected chi connectivity index (χ0v) is 14.6. The molecule has 0 fully saturated rings. The lowest BCUT2D eigenvalue weighted by Crippen LogP contribution is -2.31. The Labute approximate surface area is 134 Å². The van der Waals surface area contributed by atoms with Crippen LogP contribution in [0.15, 0.2) is 34.8 Å². The van der Waals surface area contributed by atoms with E-state index >= 15 is 0 Å². The topological polar surface area (TPSA) is 34.9 Å². The van der Waals surface area contributed by atoms with Crippen LogP contribution in [0, 0.1) is 6.92 Å². The van der Waals surface area contributed by atoms with Gasteiger partial charge in [0.25, 0.3) is 0 Å². The van der Waals surface area contributed by atoms with Crippen LogP contribution in [0.3, 0.4) is 0 Å². The molecule has 0 aliphatic rings. The van der Waals surface area contributed by atoms with Crippen LogP contribution >= 0.6 is 15.9 Å². The molecule has 2 aromatic rings. The van der Waals surface area contributed by atoms with Crippen LogP contribution < -0.4 is 0 Å². The maximum Gasteiger partial charge on any atom is 0.148 e. The molecule has 2 rings (SSSR count). The molecule has 0 unspecified atom stereocenters. The van der Waals surface area contributed by atoms with Crippen molar-refractivity contribution >= 4 is 21.7 Å². The van der Waals surface area contributed by atoms with E-state index < -0.39 is 5.41 Å². The van der Waals surface area contributed by atoms with Gasteiger partial charge in [0.05, 0.1) is 22.3 Å². The van der Waals surface area contributed by atoms with Gasteiger partial charge in [-0.15, -0.1) is 0 Å². The first kappa shape index (κ1) is 16.0. The molecular weight excluding hydrogens is 328 g/mol. The van der Waals surface area contributed by atoms with Gasteiger partial charge in [-0.05, 0) is 49.2 Å². The van der Waals surface area contributed by atoms with Crippen LogP contribution in [0.1, 0.15) is 37.7 Å². The van der Waals surface area contributed by atoms with Crippen LogP contribution in [-0.2, 0) is 23.2 Å². The summed E-state index contributed by atoms with van der Waals surface area (Å²) in [4.78, 5) is 12.8. The molecule has 0 amide bonds. The van der Waals surface area contributed by atoms with Gasteiger partial charge in [-0.3, -0.25) is 9.48 Å². The molecule has 0 aliphatic heterocycles. The number of aryl methyl sites for hydroxylation is 2. The first-order chi connectivity index (χ1) is 9.87. The number of nitrogens with zero attached hydrogens (tertiary/aromatic N) is 2. The van der Waals surface area contributed by atoms with E-state index in [1.807, 2.05) is 62.7 Å². The highest BCUT2D eigenvalue weighted by atomic mass is 79.9. The molecular formula is C17H21BrN2O. The molecule has 3 nitrogen and oxygen atoms in total. The number of carbonyl (C=O) groups excluding carboxylic acids is 1. The van der Waals surface area contributed by atoms with Crippen molar-refractivity contribution in [1.82, 2.24) is 9.78 Å². The number of Topliss-reactive ketones (excluding diaryl/α,β-unsaturated/α-hetero) is 1. The zero-order chi connectivity index (χ0) is 15.6. The quantitative estimate of drug-likeness (QED) is 0.816. The second-order valence-corrected chi connectivity index (χ2v) is 6.55. The van der Waals surface area contributed by atoms with Crippen molar-refractivity contribution in [2.45, 2.75) is 46.1 Å². The normalized spacial score (nSPS) is 11.7. The molecule has 0 radical (unpaired) electrons. The Hall–Kier alpha value is -1.42. The Morgan fingerprint density at radius 2 is 1.90 bits per heavy atom. The molecule has 1 aromatic carbocycles. The van der Waals surface area contributed by atoms with E-state index in [4.69, 9.17) is 0 Å². The number of carbonyl (C=O) groups is 1. The molecule has 0 saturated carbocycles. The van der Waals surface area contributed by atoms with Crippen molar-refractivity contribution in [3.8, 4) is 0 Å². The van der Waals surface area contributed by atoms with Crippen LogP contribution in [-0.4, -0.2) is 15.6 Å². The number of ketones is 1. The van der Waals surface area contributed by atoms with Crippen molar-refractivity contribution in [3.05, 3.63) is 51.8 Å². The Kier molecular flexibility index (Phi) is 4.67. The van der Waals surface area contributed by atoms with Gasteiger partial charge in [-0.2, -0.15) is 5.10 Å². The molecule has 0 spiro atoms. The van der Waals surface area contributed by atoms with E-state index in [0.717, 1.165) is 28.0 Å². The molecule has 0 bridgehead atoms. The van der Waals surface area contributed by atoms with Crippen molar-refractivity contribution in [2.75, 3.05) is 0 Å². The van der Waals surface area contributed by atoms with Gasteiger partial charge in [-0.25, -0.2) is 0 Å². The summed E-state index contributed by atoms with van der Waals surface area (Å²) in [5.74, 6) is 0.198. The van der Waals surface area contributed by atoms with E-state index in [1.165, 1.54) is 0 Å². The summed E-state index contributed by atoms with van der Waals surface area (Å²) in [6.07, 6.45) is 0.386. The number of halogens is 1. The maximum absolute atomic E-state index is 12.8. The highest BCUT2D eigenvalue weighted by molar-refractivity contribution is 9.10. The summed E-state index contributed by atoms with van der Waals surface area (Å²) in [5, 5.41) is 4.45. The summed E-state index contributed by atoms with van der Waals surface area (Å²) in [6, 6.07) is 9.93. The number of hydrogen-bond acceptors (Lipinski definition) is 2. The van der Waals surface area contributed by atoms with Gasteiger partial charge < -0.3 is 0 Å². The molecule has 0 aliphatic carbocycles. The van der Waals surface area contributed by atoms with E-state index in [2.05, 4.69) is 21.0 Å². The third kappa shape index (κ3) is 3.10. The first-order valence-corrected chi connectivity index (χ1v) is 7.97. The SMILES string of the molecule is CCn1nc(C)c(Br)c1CC(=O)C(C)(C)c1ccccc1. The monoisotopic (exact) mass is 348 g/mol. The number of benzene rings is 1. The van der Waals surface area contributed by atoms with Crippen LogP contribution in [0.4, 0.5) is 0 Å². The Balaban J connectivity index is 2.30. The lowest BCUT2D eigenvalue weighted by molar-refractivity contribution is -0.123. The van der Waals surface area contributed by atoms with Gasteiger partial charge >= 0.3 is 0 Å².